The van der Waals surface area contributed by atoms with Crippen LogP contribution in [0.5, 0.6) is 17.2 Å². The second kappa shape index (κ2) is 6.10. The third-order valence-corrected chi connectivity index (χ3v) is 3.63. The fourth-order valence-corrected chi connectivity index (χ4v) is 2.59. The van der Waals surface area contributed by atoms with Gasteiger partial charge in [0.15, 0.2) is 23.1 Å². The third-order valence-electron chi connectivity index (χ3n) is 3.63. The van der Waals surface area contributed by atoms with Crippen molar-refractivity contribution in [2.75, 3.05) is 27.3 Å². The van der Waals surface area contributed by atoms with Gasteiger partial charge in [-0.3, -0.25) is 0 Å². The number of rotatable bonds is 4. The Kier molecular flexibility index (Phi) is 4.47. The highest BCUT2D eigenvalue weighted by Crippen LogP contribution is 2.39. The van der Waals surface area contributed by atoms with Gasteiger partial charge in [-0.25, -0.2) is 4.39 Å². The van der Waals surface area contributed by atoms with E-state index in [0.29, 0.717) is 29.4 Å². The second-order valence-electron chi connectivity index (χ2n) is 4.82. The van der Waals surface area contributed by atoms with Crippen molar-refractivity contribution in [1.82, 2.24) is 5.32 Å². The summed E-state index contributed by atoms with van der Waals surface area (Å²) in [6.07, 6.45) is 2.56. The van der Waals surface area contributed by atoms with E-state index in [9.17, 15) is 9.50 Å². The molecule has 1 fully saturated rings. The van der Waals surface area contributed by atoms with Gasteiger partial charge in [-0.15, -0.1) is 0 Å². The van der Waals surface area contributed by atoms with Crippen molar-refractivity contribution in [3.8, 4) is 17.2 Å². The van der Waals surface area contributed by atoms with Gasteiger partial charge >= 0.3 is 0 Å². The Hall–Kier alpha value is -1.49. The number of methoxy groups -OCH3 is 2. The Morgan fingerprint density at radius 1 is 1.32 bits per heavy atom. The lowest BCUT2D eigenvalue weighted by atomic mass is 9.90. The van der Waals surface area contributed by atoms with E-state index in [1.54, 1.807) is 0 Å². The Morgan fingerprint density at radius 3 is 2.58 bits per heavy atom. The monoisotopic (exact) mass is 269 g/mol. The average Bonchev–Trinajstić information content (AvgIpc) is 2.44. The number of ether oxygens (including phenoxy) is 2. The predicted octanol–water partition coefficient (Wildman–Crippen LogP) is 2.09. The van der Waals surface area contributed by atoms with E-state index < -0.39 is 5.82 Å². The van der Waals surface area contributed by atoms with E-state index in [-0.39, 0.29) is 5.75 Å². The minimum absolute atomic E-state index is 0.366. The van der Waals surface area contributed by atoms with Crippen molar-refractivity contribution in [3.63, 3.8) is 0 Å². The smallest absolute Gasteiger partial charge is 0.171 e. The molecule has 2 N–H and O–H groups in total. The molecule has 2 rings (SSSR count). The van der Waals surface area contributed by atoms with Gasteiger partial charge in [-0.05, 0) is 38.3 Å². The Labute approximate surface area is 112 Å². The summed E-state index contributed by atoms with van der Waals surface area (Å²) in [6.45, 7) is 1.90. The highest BCUT2D eigenvalue weighted by atomic mass is 19.1. The number of benzene rings is 1. The van der Waals surface area contributed by atoms with Crippen LogP contribution in [0.2, 0.25) is 0 Å². The summed E-state index contributed by atoms with van der Waals surface area (Å²) >= 11 is 0. The van der Waals surface area contributed by atoms with Crippen LogP contribution in [0, 0.1) is 11.7 Å². The molecule has 1 aromatic carbocycles. The van der Waals surface area contributed by atoms with Gasteiger partial charge in [0.1, 0.15) is 0 Å². The maximum absolute atomic E-state index is 14.1. The molecule has 0 atom stereocenters. The average molecular weight is 269 g/mol. The largest absolute Gasteiger partial charge is 0.505 e. The fourth-order valence-electron chi connectivity index (χ4n) is 2.59. The molecule has 1 aromatic rings. The maximum atomic E-state index is 14.1. The highest BCUT2D eigenvalue weighted by Gasteiger charge is 2.23. The first-order valence-electron chi connectivity index (χ1n) is 6.50. The first-order chi connectivity index (χ1) is 9.17. The second-order valence-corrected chi connectivity index (χ2v) is 4.82. The zero-order chi connectivity index (χ0) is 13.8. The summed E-state index contributed by atoms with van der Waals surface area (Å²) in [5, 5.41) is 12.9. The first kappa shape index (κ1) is 13.9. The van der Waals surface area contributed by atoms with Crippen LogP contribution in [0.15, 0.2) is 6.07 Å². The van der Waals surface area contributed by atoms with E-state index in [1.807, 2.05) is 0 Å². The van der Waals surface area contributed by atoms with Gasteiger partial charge in [-0.2, -0.15) is 0 Å². The summed E-state index contributed by atoms with van der Waals surface area (Å²) in [5.74, 6) is 0.163. The number of hydrogen-bond acceptors (Lipinski definition) is 4. The van der Waals surface area contributed by atoms with E-state index in [0.717, 1.165) is 25.9 Å². The summed E-state index contributed by atoms with van der Waals surface area (Å²) in [6, 6.07) is 1.25. The Bertz CT molecular complexity index is 445. The SMILES string of the molecule is COc1cc(O)c(F)c(CC2CCNCC2)c1OC. The molecule has 0 saturated carbocycles. The lowest BCUT2D eigenvalue weighted by Crippen LogP contribution is -2.29. The van der Waals surface area contributed by atoms with Gasteiger partial charge in [-0.1, -0.05) is 0 Å². The molecular formula is C14H20FNO3. The molecule has 5 heteroatoms. The van der Waals surface area contributed by atoms with Gasteiger partial charge < -0.3 is 19.9 Å². The van der Waals surface area contributed by atoms with Gasteiger partial charge in [0, 0.05) is 11.6 Å². The predicted molar refractivity (Wildman–Crippen MR) is 70.5 cm³/mol. The van der Waals surface area contributed by atoms with Crippen LogP contribution >= 0.6 is 0 Å². The van der Waals surface area contributed by atoms with E-state index in [2.05, 4.69) is 5.32 Å². The molecule has 1 saturated heterocycles. The number of hydrogen-bond donors (Lipinski definition) is 2. The third kappa shape index (κ3) is 2.92. The van der Waals surface area contributed by atoms with E-state index >= 15 is 0 Å². The van der Waals surface area contributed by atoms with Crippen molar-refractivity contribution >= 4 is 0 Å². The number of piperidine rings is 1. The van der Waals surface area contributed by atoms with E-state index in [1.165, 1.54) is 20.3 Å². The molecule has 106 valence electrons. The molecule has 0 amide bonds. The van der Waals surface area contributed by atoms with E-state index in [4.69, 9.17) is 9.47 Å². The van der Waals surface area contributed by atoms with Crippen molar-refractivity contribution in [1.29, 1.82) is 0 Å². The van der Waals surface area contributed by atoms with Crippen molar-refractivity contribution in [2.24, 2.45) is 5.92 Å². The zero-order valence-electron chi connectivity index (χ0n) is 11.3. The van der Waals surface area contributed by atoms with Crippen LogP contribution in [-0.2, 0) is 6.42 Å². The van der Waals surface area contributed by atoms with Gasteiger partial charge in [0.2, 0.25) is 0 Å². The van der Waals surface area contributed by atoms with Crippen molar-refractivity contribution < 1.29 is 19.0 Å². The standard InChI is InChI=1S/C14H20FNO3/c1-18-12-8-11(17)13(15)10(14(12)19-2)7-9-3-5-16-6-4-9/h8-9,16-17H,3-7H2,1-2H3. The van der Waals surface area contributed by atoms with Crippen LogP contribution < -0.4 is 14.8 Å². The number of aromatic hydroxyl groups is 1. The first-order valence-corrected chi connectivity index (χ1v) is 6.50. The lowest BCUT2D eigenvalue weighted by molar-refractivity contribution is 0.325. The van der Waals surface area contributed by atoms with Gasteiger partial charge in [0.25, 0.3) is 0 Å². The summed E-state index contributed by atoms with van der Waals surface area (Å²) in [5.41, 5.74) is 0.409. The molecule has 1 aliphatic heterocycles. The lowest BCUT2D eigenvalue weighted by Gasteiger charge is -2.24. The molecule has 4 nitrogen and oxygen atoms in total. The quantitative estimate of drug-likeness (QED) is 0.879. The topological polar surface area (TPSA) is 50.7 Å². The molecule has 1 aliphatic rings. The van der Waals surface area contributed by atoms with Crippen LogP contribution in [0.3, 0.4) is 0 Å². The summed E-state index contributed by atoms with van der Waals surface area (Å²) < 4.78 is 24.5. The molecular weight excluding hydrogens is 249 g/mol. The number of nitrogens with one attached hydrogen (secondary N) is 1. The van der Waals surface area contributed by atoms with Gasteiger partial charge in [0.05, 0.1) is 14.2 Å². The summed E-state index contributed by atoms with van der Waals surface area (Å²) in [4.78, 5) is 0. The minimum Gasteiger partial charge on any atom is -0.505 e. The fraction of sp³-hybridized carbons (Fsp3) is 0.571. The van der Waals surface area contributed by atoms with Crippen molar-refractivity contribution in [3.05, 3.63) is 17.4 Å². The zero-order valence-corrected chi connectivity index (χ0v) is 11.3. The minimum atomic E-state index is -0.601. The summed E-state index contributed by atoms with van der Waals surface area (Å²) in [7, 11) is 2.96. The number of phenolic OH excluding ortho intramolecular Hbond substituents is 1. The number of phenols is 1. The van der Waals surface area contributed by atoms with Crippen LogP contribution in [0.1, 0.15) is 18.4 Å². The molecule has 0 unspecified atom stereocenters. The Morgan fingerprint density at radius 2 is 2.00 bits per heavy atom. The molecule has 0 spiro atoms. The molecule has 1 heterocycles. The molecule has 0 aromatic heterocycles. The molecule has 0 radical (unpaired) electrons. The Balaban J connectivity index is 2.33. The maximum Gasteiger partial charge on any atom is 0.171 e. The van der Waals surface area contributed by atoms with Crippen molar-refractivity contribution in [2.45, 2.75) is 19.3 Å². The molecule has 0 bridgehead atoms. The van der Waals surface area contributed by atoms with Crippen LogP contribution in [-0.4, -0.2) is 32.4 Å². The highest BCUT2D eigenvalue weighted by molar-refractivity contribution is 5.52. The molecule has 19 heavy (non-hydrogen) atoms. The normalized spacial score (nSPS) is 16.4. The van der Waals surface area contributed by atoms with Crippen LogP contribution in [0.4, 0.5) is 4.39 Å². The van der Waals surface area contributed by atoms with Crippen LogP contribution in [0.25, 0.3) is 0 Å². The number of halogens is 1. The molecule has 0 aliphatic carbocycles.